The summed E-state index contributed by atoms with van der Waals surface area (Å²) in [5.41, 5.74) is 0. The second-order valence-electron chi connectivity index (χ2n) is 5.14. The van der Waals surface area contributed by atoms with E-state index < -0.39 is 9.84 Å². The molecule has 0 aromatic rings. The number of hydrogen-bond donors (Lipinski definition) is 1. The molecule has 2 atom stereocenters. The van der Waals surface area contributed by atoms with E-state index in [-0.39, 0.29) is 18.1 Å². The molecule has 2 aliphatic heterocycles. The first-order valence-electron chi connectivity index (χ1n) is 6.14. The summed E-state index contributed by atoms with van der Waals surface area (Å²) in [5.74, 6) is 0.503. The molecule has 1 N–H and O–H groups in total. The Morgan fingerprint density at radius 3 is 2.82 bits per heavy atom. The van der Waals surface area contributed by atoms with Crippen molar-refractivity contribution < 1.29 is 13.2 Å². The summed E-state index contributed by atoms with van der Waals surface area (Å²) in [6, 6.07) is 0.422. The van der Waals surface area contributed by atoms with Crippen molar-refractivity contribution in [1.29, 1.82) is 0 Å². The van der Waals surface area contributed by atoms with Crippen molar-refractivity contribution >= 4 is 15.7 Å². The highest BCUT2D eigenvalue weighted by molar-refractivity contribution is 7.90. The highest BCUT2D eigenvalue weighted by atomic mass is 32.2. The number of sulfone groups is 1. The molecule has 6 heteroatoms. The summed E-state index contributed by atoms with van der Waals surface area (Å²) in [6.45, 7) is 2.57. The fraction of sp³-hybridized carbons (Fsp3) is 0.909. The van der Waals surface area contributed by atoms with E-state index in [1.54, 1.807) is 0 Å². The predicted octanol–water partition coefficient (Wildman–Crippen LogP) is -0.368. The van der Waals surface area contributed by atoms with Crippen LogP contribution in [0.25, 0.3) is 0 Å². The van der Waals surface area contributed by atoms with Gasteiger partial charge in [0.15, 0.2) is 0 Å². The Morgan fingerprint density at radius 2 is 2.18 bits per heavy atom. The van der Waals surface area contributed by atoms with Crippen LogP contribution >= 0.6 is 0 Å². The maximum atomic E-state index is 11.9. The third-order valence-electron chi connectivity index (χ3n) is 3.64. The maximum absolute atomic E-state index is 11.9. The van der Waals surface area contributed by atoms with Gasteiger partial charge in [0.05, 0.1) is 5.75 Å². The van der Waals surface area contributed by atoms with Crippen LogP contribution < -0.4 is 5.32 Å². The Hall–Kier alpha value is -0.620. The van der Waals surface area contributed by atoms with Crippen LogP contribution in [0.1, 0.15) is 19.3 Å². The molecule has 0 bridgehead atoms. The molecular weight excluding hydrogens is 240 g/mol. The fourth-order valence-electron chi connectivity index (χ4n) is 2.68. The molecule has 0 aromatic heterocycles. The van der Waals surface area contributed by atoms with Crippen LogP contribution in [-0.4, -0.2) is 56.9 Å². The van der Waals surface area contributed by atoms with Gasteiger partial charge in [-0.15, -0.1) is 0 Å². The summed E-state index contributed by atoms with van der Waals surface area (Å²) >= 11 is 0. The lowest BCUT2D eigenvalue weighted by Gasteiger charge is -2.24. The zero-order chi connectivity index (χ0) is 12.5. The predicted molar refractivity (Wildman–Crippen MR) is 65.4 cm³/mol. The van der Waals surface area contributed by atoms with Gasteiger partial charge >= 0.3 is 0 Å². The highest BCUT2D eigenvalue weighted by Crippen LogP contribution is 2.25. The minimum Gasteiger partial charge on any atom is -0.341 e. The fourth-order valence-corrected chi connectivity index (χ4v) is 3.23. The van der Waals surface area contributed by atoms with Crippen LogP contribution in [0, 0.1) is 5.92 Å². The Labute approximate surface area is 102 Å². The summed E-state index contributed by atoms with van der Waals surface area (Å²) in [7, 11) is -3.04. The smallest absolute Gasteiger partial charge is 0.223 e. The van der Waals surface area contributed by atoms with Crippen LogP contribution in [0.15, 0.2) is 0 Å². The van der Waals surface area contributed by atoms with E-state index in [0.29, 0.717) is 12.0 Å². The first kappa shape index (κ1) is 12.8. The minimum atomic E-state index is -3.04. The standard InChI is InChI=1S/C11H20N2O3S/c1-17(15,16)6-4-11(14)13-7-9-3-2-5-12-10(9)8-13/h9-10,12H,2-8H2,1H3. The SMILES string of the molecule is CS(=O)(=O)CCC(=O)N1CC2CCCNC2C1. The zero-order valence-corrected chi connectivity index (χ0v) is 11.0. The molecule has 2 rings (SSSR count). The monoisotopic (exact) mass is 260 g/mol. The normalized spacial score (nSPS) is 29.1. The number of piperidine rings is 1. The van der Waals surface area contributed by atoms with Crippen molar-refractivity contribution in [2.45, 2.75) is 25.3 Å². The van der Waals surface area contributed by atoms with Gasteiger partial charge in [-0.2, -0.15) is 0 Å². The lowest BCUT2D eigenvalue weighted by atomic mass is 9.94. The van der Waals surface area contributed by atoms with Crippen molar-refractivity contribution in [3.63, 3.8) is 0 Å². The third-order valence-corrected chi connectivity index (χ3v) is 4.58. The van der Waals surface area contributed by atoms with Crippen molar-refractivity contribution in [3.05, 3.63) is 0 Å². The Kier molecular flexibility index (Phi) is 3.73. The second-order valence-corrected chi connectivity index (χ2v) is 7.40. The number of carbonyl (C=O) groups is 1. The first-order chi connectivity index (χ1) is 7.96. The number of rotatable bonds is 3. The van der Waals surface area contributed by atoms with E-state index >= 15 is 0 Å². The average molecular weight is 260 g/mol. The number of likely N-dealkylation sites (tertiary alicyclic amines) is 1. The van der Waals surface area contributed by atoms with E-state index in [1.165, 1.54) is 19.1 Å². The van der Waals surface area contributed by atoms with Gasteiger partial charge in [0.25, 0.3) is 0 Å². The molecular formula is C11H20N2O3S. The van der Waals surface area contributed by atoms with Gasteiger partial charge in [0, 0.05) is 31.8 Å². The molecule has 0 radical (unpaired) electrons. The lowest BCUT2D eigenvalue weighted by Crippen LogP contribution is -2.41. The summed E-state index contributed by atoms with van der Waals surface area (Å²) < 4.78 is 22.0. The molecule has 0 spiro atoms. The van der Waals surface area contributed by atoms with Gasteiger partial charge in [-0.3, -0.25) is 4.79 Å². The van der Waals surface area contributed by atoms with E-state index in [1.807, 2.05) is 4.90 Å². The average Bonchev–Trinajstić information content (AvgIpc) is 2.68. The lowest BCUT2D eigenvalue weighted by molar-refractivity contribution is -0.129. The van der Waals surface area contributed by atoms with Gasteiger partial charge in [-0.05, 0) is 25.3 Å². The van der Waals surface area contributed by atoms with Gasteiger partial charge in [0.2, 0.25) is 5.91 Å². The molecule has 0 aromatic carbocycles. The molecule has 2 aliphatic rings. The summed E-state index contributed by atoms with van der Waals surface area (Å²) in [4.78, 5) is 13.7. The zero-order valence-electron chi connectivity index (χ0n) is 10.2. The maximum Gasteiger partial charge on any atom is 0.223 e. The van der Waals surface area contributed by atoms with Crippen molar-refractivity contribution in [2.24, 2.45) is 5.92 Å². The molecule has 2 heterocycles. The molecule has 98 valence electrons. The Bertz CT molecular complexity index is 380. The highest BCUT2D eigenvalue weighted by Gasteiger charge is 2.36. The Balaban J connectivity index is 1.85. The molecule has 2 saturated heterocycles. The van der Waals surface area contributed by atoms with Crippen molar-refractivity contribution in [1.82, 2.24) is 10.2 Å². The number of amides is 1. The second kappa shape index (κ2) is 4.94. The quantitative estimate of drug-likeness (QED) is 0.752. The summed E-state index contributed by atoms with van der Waals surface area (Å²) in [6.07, 6.45) is 3.64. The van der Waals surface area contributed by atoms with E-state index in [4.69, 9.17) is 0 Å². The van der Waals surface area contributed by atoms with Crippen molar-refractivity contribution in [2.75, 3.05) is 31.6 Å². The van der Waals surface area contributed by atoms with Crippen LogP contribution in [0.4, 0.5) is 0 Å². The number of nitrogens with one attached hydrogen (secondary N) is 1. The molecule has 0 aliphatic carbocycles. The van der Waals surface area contributed by atoms with Crippen LogP contribution in [0.3, 0.4) is 0 Å². The van der Waals surface area contributed by atoms with Gasteiger partial charge in [-0.25, -0.2) is 8.42 Å². The molecule has 5 nitrogen and oxygen atoms in total. The number of fused-ring (bicyclic) bond motifs is 1. The van der Waals surface area contributed by atoms with Crippen LogP contribution in [-0.2, 0) is 14.6 Å². The van der Waals surface area contributed by atoms with Crippen LogP contribution in [0.5, 0.6) is 0 Å². The van der Waals surface area contributed by atoms with Gasteiger partial charge in [-0.1, -0.05) is 0 Å². The van der Waals surface area contributed by atoms with E-state index in [0.717, 1.165) is 19.6 Å². The van der Waals surface area contributed by atoms with E-state index in [2.05, 4.69) is 5.32 Å². The topological polar surface area (TPSA) is 66.5 Å². The van der Waals surface area contributed by atoms with Crippen LogP contribution in [0.2, 0.25) is 0 Å². The minimum absolute atomic E-state index is 0.0216. The Morgan fingerprint density at radius 1 is 1.41 bits per heavy atom. The largest absolute Gasteiger partial charge is 0.341 e. The molecule has 17 heavy (non-hydrogen) atoms. The number of carbonyl (C=O) groups excluding carboxylic acids is 1. The van der Waals surface area contributed by atoms with Gasteiger partial charge < -0.3 is 10.2 Å². The summed E-state index contributed by atoms with van der Waals surface area (Å²) in [5, 5.41) is 3.43. The number of hydrogen-bond acceptors (Lipinski definition) is 4. The molecule has 2 unspecified atom stereocenters. The van der Waals surface area contributed by atoms with Crippen molar-refractivity contribution in [3.8, 4) is 0 Å². The molecule has 2 fully saturated rings. The van der Waals surface area contributed by atoms with Gasteiger partial charge in [0.1, 0.15) is 9.84 Å². The molecule has 0 saturated carbocycles. The third kappa shape index (κ3) is 3.42. The van der Waals surface area contributed by atoms with E-state index in [9.17, 15) is 13.2 Å². The first-order valence-corrected chi connectivity index (χ1v) is 8.20. The molecule has 1 amide bonds. The number of nitrogens with zero attached hydrogens (tertiary/aromatic N) is 1.